The fraction of sp³-hybridized carbons (Fsp3) is 0.0667. The predicted molar refractivity (Wildman–Crippen MR) is 81.6 cm³/mol. The first-order valence-corrected chi connectivity index (χ1v) is 7.09. The summed E-state index contributed by atoms with van der Waals surface area (Å²) in [6.07, 6.45) is -1.91. The lowest BCUT2D eigenvalue weighted by Gasteiger charge is -2.12. The number of aromatic amines is 1. The van der Waals surface area contributed by atoms with Gasteiger partial charge in [-0.1, -0.05) is 30.3 Å². The monoisotopic (exact) mass is 346 g/mol. The summed E-state index contributed by atoms with van der Waals surface area (Å²) in [5, 5.41) is 10.2. The van der Waals surface area contributed by atoms with Crippen LogP contribution in [0.1, 0.15) is 5.56 Å². The molecule has 7 nitrogen and oxygen atoms in total. The van der Waals surface area contributed by atoms with Gasteiger partial charge in [-0.3, -0.25) is 9.89 Å². The first-order chi connectivity index (χ1) is 11.9. The van der Waals surface area contributed by atoms with Gasteiger partial charge in [-0.25, -0.2) is 4.98 Å². The Hall–Kier alpha value is -3.43. The molecule has 0 bridgehead atoms. The van der Waals surface area contributed by atoms with E-state index in [1.165, 1.54) is 6.20 Å². The lowest BCUT2D eigenvalue weighted by molar-refractivity contribution is -0.137. The molecule has 4 aromatic rings. The van der Waals surface area contributed by atoms with Crippen LogP contribution in [0.5, 0.6) is 0 Å². The maximum absolute atomic E-state index is 12.9. The van der Waals surface area contributed by atoms with Gasteiger partial charge in [0, 0.05) is 5.56 Å². The summed E-state index contributed by atoms with van der Waals surface area (Å²) in [6, 6.07) is 8.61. The Labute approximate surface area is 137 Å². The van der Waals surface area contributed by atoms with Crippen LogP contribution in [0.15, 0.2) is 53.7 Å². The summed E-state index contributed by atoms with van der Waals surface area (Å²) in [5.41, 5.74) is -0.774. The number of rotatable bonds is 2. The topological polar surface area (TPSA) is 81.4 Å². The van der Waals surface area contributed by atoms with Crippen LogP contribution in [-0.2, 0) is 6.18 Å². The molecule has 1 N–H and O–H groups in total. The number of benzene rings is 1. The smallest absolute Gasteiger partial charge is 0.266 e. The molecule has 0 aliphatic rings. The van der Waals surface area contributed by atoms with Crippen molar-refractivity contribution in [3.05, 3.63) is 64.8 Å². The Morgan fingerprint density at radius 1 is 1.08 bits per heavy atom. The largest absolute Gasteiger partial charge is 0.419 e. The molecule has 0 atom stereocenters. The van der Waals surface area contributed by atoms with Crippen molar-refractivity contribution in [1.29, 1.82) is 0 Å². The third kappa shape index (κ3) is 2.47. The Balaban J connectivity index is 2.03. The third-order valence-corrected chi connectivity index (χ3v) is 3.59. The average molecular weight is 346 g/mol. The number of nitrogens with one attached hydrogen (secondary N) is 1. The van der Waals surface area contributed by atoms with Gasteiger partial charge in [0.1, 0.15) is 5.39 Å². The van der Waals surface area contributed by atoms with E-state index >= 15 is 0 Å². The first kappa shape index (κ1) is 15.1. The summed E-state index contributed by atoms with van der Waals surface area (Å²) >= 11 is 0. The highest BCUT2D eigenvalue weighted by atomic mass is 19.4. The zero-order valence-electron chi connectivity index (χ0n) is 12.4. The number of halogens is 3. The van der Waals surface area contributed by atoms with Crippen molar-refractivity contribution in [1.82, 2.24) is 29.7 Å². The number of hydrogen-bond acceptors (Lipinski definition) is 4. The Morgan fingerprint density at radius 3 is 2.52 bits per heavy atom. The fourth-order valence-corrected chi connectivity index (χ4v) is 2.42. The highest BCUT2D eigenvalue weighted by Gasteiger charge is 2.32. The summed E-state index contributed by atoms with van der Waals surface area (Å²) in [6.45, 7) is 0. The molecule has 0 saturated carbocycles. The van der Waals surface area contributed by atoms with Crippen molar-refractivity contribution in [3.8, 4) is 11.4 Å². The SMILES string of the molecule is O=c1c2cn[nH]c2nc(-c2ccccc2)n1-n1cc(C(F)(F)F)cn1. The van der Waals surface area contributed by atoms with Crippen molar-refractivity contribution >= 4 is 11.0 Å². The van der Waals surface area contributed by atoms with Gasteiger partial charge in [0.05, 0.1) is 24.2 Å². The van der Waals surface area contributed by atoms with Crippen LogP contribution in [0.4, 0.5) is 13.2 Å². The van der Waals surface area contributed by atoms with Gasteiger partial charge < -0.3 is 0 Å². The van der Waals surface area contributed by atoms with Gasteiger partial charge >= 0.3 is 6.18 Å². The molecule has 0 aliphatic carbocycles. The van der Waals surface area contributed by atoms with Crippen molar-refractivity contribution in [3.63, 3.8) is 0 Å². The van der Waals surface area contributed by atoms with Crippen LogP contribution in [-0.4, -0.2) is 29.7 Å². The molecule has 0 spiro atoms. The lowest BCUT2D eigenvalue weighted by Crippen LogP contribution is -2.29. The molecule has 0 amide bonds. The van der Waals surface area contributed by atoms with E-state index in [4.69, 9.17) is 0 Å². The molecule has 10 heteroatoms. The van der Waals surface area contributed by atoms with Crippen molar-refractivity contribution in [2.75, 3.05) is 0 Å². The van der Waals surface area contributed by atoms with E-state index in [1.807, 2.05) is 0 Å². The van der Waals surface area contributed by atoms with Crippen molar-refractivity contribution in [2.45, 2.75) is 6.18 Å². The molecular weight excluding hydrogens is 337 g/mol. The number of alkyl halides is 3. The van der Waals surface area contributed by atoms with E-state index in [-0.39, 0.29) is 16.9 Å². The average Bonchev–Trinajstić information content (AvgIpc) is 3.24. The summed E-state index contributed by atoms with van der Waals surface area (Å²) in [5.74, 6) is 0.138. The Morgan fingerprint density at radius 2 is 1.84 bits per heavy atom. The van der Waals surface area contributed by atoms with E-state index < -0.39 is 17.3 Å². The van der Waals surface area contributed by atoms with E-state index in [0.717, 1.165) is 15.7 Å². The second kappa shape index (κ2) is 5.30. The van der Waals surface area contributed by atoms with Gasteiger partial charge in [-0.15, -0.1) is 0 Å². The molecule has 0 aliphatic heterocycles. The van der Waals surface area contributed by atoms with E-state index in [2.05, 4.69) is 20.3 Å². The maximum atomic E-state index is 12.9. The minimum absolute atomic E-state index is 0.138. The Kier molecular flexibility index (Phi) is 3.20. The number of fused-ring (bicyclic) bond motifs is 1. The zero-order chi connectivity index (χ0) is 17.6. The molecule has 0 saturated heterocycles. The molecule has 0 fully saturated rings. The number of nitrogens with zero attached hydrogens (tertiary/aromatic N) is 5. The van der Waals surface area contributed by atoms with Gasteiger partial charge in [-0.05, 0) is 0 Å². The minimum atomic E-state index is -4.57. The summed E-state index contributed by atoms with van der Waals surface area (Å²) in [7, 11) is 0. The molecular formula is C15H9F3N6O. The van der Waals surface area contributed by atoms with Gasteiger partial charge in [0.15, 0.2) is 11.5 Å². The molecule has 0 unspecified atom stereocenters. The molecule has 25 heavy (non-hydrogen) atoms. The van der Waals surface area contributed by atoms with Crippen molar-refractivity contribution < 1.29 is 13.2 Å². The first-order valence-electron chi connectivity index (χ1n) is 7.09. The molecule has 1 aromatic carbocycles. The molecule has 3 aromatic heterocycles. The number of aromatic nitrogens is 6. The Bertz CT molecular complexity index is 1110. The minimum Gasteiger partial charge on any atom is -0.266 e. The van der Waals surface area contributed by atoms with Gasteiger partial charge in [0.25, 0.3) is 5.56 Å². The third-order valence-electron chi connectivity index (χ3n) is 3.59. The number of H-pyrrole nitrogens is 1. The molecule has 4 rings (SSSR count). The van der Waals surface area contributed by atoms with Crippen molar-refractivity contribution in [2.24, 2.45) is 0 Å². The van der Waals surface area contributed by atoms with Gasteiger partial charge in [0.2, 0.25) is 0 Å². The lowest BCUT2D eigenvalue weighted by atomic mass is 10.2. The van der Waals surface area contributed by atoms with Crippen LogP contribution in [0, 0.1) is 0 Å². The second-order valence-corrected chi connectivity index (χ2v) is 5.20. The fourth-order valence-electron chi connectivity index (χ4n) is 2.42. The van der Waals surface area contributed by atoms with Gasteiger partial charge in [-0.2, -0.15) is 32.8 Å². The quantitative estimate of drug-likeness (QED) is 0.604. The van der Waals surface area contributed by atoms with E-state index in [0.29, 0.717) is 11.8 Å². The normalized spacial score (nSPS) is 12.0. The van der Waals surface area contributed by atoms with Crippen LogP contribution < -0.4 is 5.56 Å². The van der Waals surface area contributed by atoms with Crippen LogP contribution in [0.2, 0.25) is 0 Å². The zero-order valence-corrected chi connectivity index (χ0v) is 12.4. The highest BCUT2D eigenvalue weighted by molar-refractivity contribution is 5.75. The van der Waals surface area contributed by atoms with E-state index in [1.54, 1.807) is 30.3 Å². The van der Waals surface area contributed by atoms with E-state index in [9.17, 15) is 18.0 Å². The summed E-state index contributed by atoms with van der Waals surface area (Å²) < 4.78 is 39.6. The van der Waals surface area contributed by atoms with Crippen LogP contribution in [0.3, 0.4) is 0 Å². The maximum Gasteiger partial charge on any atom is 0.419 e. The second-order valence-electron chi connectivity index (χ2n) is 5.20. The molecule has 126 valence electrons. The standard InChI is InChI=1S/C15H9F3N6O/c16-15(17,18)10-6-20-23(8-10)24-13(9-4-2-1-3-5-9)21-12-11(14(24)25)7-19-22-12/h1-8H,(H,19,22). The molecule has 0 radical (unpaired) electrons. The van der Waals surface area contributed by atoms with Crippen LogP contribution in [0.25, 0.3) is 22.4 Å². The molecule has 3 heterocycles. The summed E-state index contributed by atoms with van der Waals surface area (Å²) in [4.78, 5) is 17.9. The van der Waals surface area contributed by atoms with Crippen LogP contribution >= 0.6 is 0 Å². The predicted octanol–water partition coefficient (Wildman–Crippen LogP) is 2.31. The highest BCUT2D eigenvalue weighted by Crippen LogP contribution is 2.28. The number of hydrogen-bond donors (Lipinski definition) is 1.